The van der Waals surface area contributed by atoms with E-state index in [1.54, 1.807) is 23.9 Å². The molecular weight excluding hydrogens is 292 g/mol. The zero-order chi connectivity index (χ0) is 14.6. The molecule has 1 aliphatic rings. The van der Waals surface area contributed by atoms with Crippen LogP contribution in [0.4, 0.5) is 5.69 Å². The number of hydrogen-bond donors (Lipinski definition) is 2. The quantitative estimate of drug-likeness (QED) is 0.774. The first-order valence-electron chi connectivity index (χ1n) is 6.93. The van der Waals surface area contributed by atoms with Gasteiger partial charge in [0.15, 0.2) is 0 Å². The Labute approximate surface area is 125 Å². The maximum atomic E-state index is 12.4. The average molecular weight is 314 g/mol. The zero-order valence-electron chi connectivity index (χ0n) is 11.9. The van der Waals surface area contributed by atoms with E-state index in [1.165, 1.54) is 0 Å². The first-order valence-corrected chi connectivity index (χ1v) is 9.81. The van der Waals surface area contributed by atoms with E-state index >= 15 is 0 Å². The van der Waals surface area contributed by atoms with E-state index in [-0.39, 0.29) is 12.1 Å². The molecule has 6 heteroatoms. The van der Waals surface area contributed by atoms with Crippen LogP contribution in [0.25, 0.3) is 0 Å². The molecule has 0 amide bonds. The Bertz CT molecular complexity index is 542. The van der Waals surface area contributed by atoms with Crippen molar-refractivity contribution in [3.8, 4) is 0 Å². The van der Waals surface area contributed by atoms with E-state index in [9.17, 15) is 8.42 Å². The molecule has 2 N–H and O–H groups in total. The fourth-order valence-corrected chi connectivity index (χ4v) is 4.18. The molecule has 0 heterocycles. The van der Waals surface area contributed by atoms with Crippen LogP contribution in [0.1, 0.15) is 26.2 Å². The predicted molar refractivity (Wildman–Crippen MR) is 85.9 cm³/mol. The highest BCUT2D eigenvalue weighted by molar-refractivity contribution is 7.98. The Morgan fingerprint density at radius 2 is 2.05 bits per heavy atom. The van der Waals surface area contributed by atoms with Crippen molar-refractivity contribution in [2.45, 2.75) is 43.2 Å². The fourth-order valence-electron chi connectivity index (χ4n) is 1.99. The van der Waals surface area contributed by atoms with Gasteiger partial charge in [0.25, 0.3) is 0 Å². The molecule has 0 aromatic heterocycles. The van der Waals surface area contributed by atoms with E-state index in [0.29, 0.717) is 10.6 Å². The summed E-state index contributed by atoms with van der Waals surface area (Å²) in [5, 5.41) is 3.36. The predicted octanol–water partition coefficient (Wildman–Crippen LogP) is 2.68. The summed E-state index contributed by atoms with van der Waals surface area (Å²) < 4.78 is 27.5. The summed E-state index contributed by atoms with van der Waals surface area (Å²) in [5.41, 5.74) is 0.696. The SMILES string of the molecule is CCC(CSC)Nc1ccccc1S(=O)(=O)NC1CC1. The van der Waals surface area contributed by atoms with Gasteiger partial charge in [-0.2, -0.15) is 11.8 Å². The molecule has 1 aromatic rings. The normalized spacial score (nSPS) is 16.9. The molecule has 0 spiro atoms. The molecular formula is C14H22N2O2S2. The maximum Gasteiger partial charge on any atom is 0.242 e. The standard InChI is InChI=1S/C14H22N2O2S2/c1-3-11(10-19-2)15-13-6-4-5-7-14(13)20(17,18)16-12-8-9-12/h4-7,11-12,15-16H,3,8-10H2,1-2H3. The Morgan fingerprint density at radius 3 is 2.65 bits per heavy atom. The minimum Gasteiger partial charge on any atom is -0.380 e. The van der Waals surface area contributed by atoms with Gasteiger partial charge in [-0.05, 0) is 37.7 Å². The Balaban J connectivity index is 2.20. The molecule has 0 bridgehead atoms. The van der Waals surface area contributed by atoms with Gasteiger partial charge in [0.05, 0.1) is 5.69 Å². The van der Waals surface area contributed by atoms with Gasteiger partial charge in [0.1, 0.15) is 4.90 Å². The smallest absolute Gasteiger partial charge is 0.242 e. The average Bonchev–Trinajstić information content (AvgIpc) is 3.22. The van der Waals surface area contributed by atoms with Gasteiger partial charge in [0.2, 0.25) is 10.0 Å². The molecule has 1 aliphatic carbocycles. The molecule has 1 atom stereocenters. The van der Waals surface area contributed by atoms with Crippen molar-refractivity contribution >= 4 is 27.5 Å². The second kappa shape index (κ2) is 6.83. The number of anilines is 1. The minimum atomic E-state index is -3.42. The van der Waals surface area contributed by atoms with Crippen molar-refractivity contribution in [3.05, 3.63) is 24.3 Å². The van der Waals surface area contributed by atoms with Crippen molar-refractivity contribution in [2.24, 2.45) is 0 Å². The summed E-state index contributed by atoms with van der Waals surface area (Å²) in [6.45, 7) is 2.10. The summed E-state index contributed by atoms with van der Waals surface area (Å²) in [7, 11) is -3.42. The molecule has 112 valence electrons. The van der Waals surface area contributed by atoms with E-state index in [1.807, 2.05) is 12.1 Å². The van der Waals surface area contributed by atoms with Gasteiger partial charge in [-0.25, -0.2) is 13.1 Å². The Hall–Kier alpha value is -0.720. The summed E-state index contributed by atoms with van der Waals surface area (Å²) in [4.78, 5) is 0.353. The lowest BCUT2D eigenvalue weighted by atomic mass is 10.2. The molecule has 0 saturated heterocycles. The first-order chi connectivity index (χ1) is 9.56. The Morgan fingerprint density at radius 1 is 1.35 bits per heavy atom. The van der Waals surface area contributed by atoms with Gasteiger partial charge in [-0.3, -0.25) is 0 Å². The van der Waals surface area contributed by atoms with Gasteiger partial charge < -0.3 is 5.32 Å². The first kappa shape index (κ1) is 15.7. The minimum absolute atomic E-state index is 0.126. The molecule has 2 rings (SSSR count). The van der Waals surface area contributed by atoms with Crippen molar-refractivity contribution < 1.29 is 8.42 Å². The number of rotatable bonds is 8. The summed E-state index contributed by atoms with van der Waals surface area (Å²) in [6, 6.07) is 7.54. The number of sulfonamides is 1. The van der Waals surface area contributed by atoms with Gasteiger partial charge in [-0.1, -0.05) is 19.1 Å². The molecule has 0 radical (unpaired) electrons. The summed E-state index contributed by atoms with van der Waals surface area (Å²) >= 11 is 1.76. The number of benzene rings is 1. The number of nitrogens with one attached hydrogen (secondary N) is 2. The summed E-state index contributed by atoms with van der Waals surface area (Å²) in [5.74, 6) is 0.959. The highest BCUT2D eigenvalue weighted by Gasteiger charge is 2.29. The lowest BCUT2D eigenvalue weighted by Crippen LogP contribution is -2.28. The van der Waals surface area contributed by atoms with Crippen LogP contribution in [0.15, 0.2) is 29.2 Å². The lowest BCUT2D eigenvalue weighted by Gasteiger charge is -2.19. The molecule has 0 aliphatic heterocycles. The highest BCUT2D eigenvalue weighted by Crippen LogP contribution is 2.26. The van der Waals surface area contributed by atoms with Crippen LogP contribution in [0.5, 0.6) is 0 Å². The number of para-hydroxylation sites is 1. The van der Waals surface area contributed by atoms with Crippen LogP contribution >= 0.6 is 11.8 Å². The molecule has 20 heavy (non-hydrogen) atoms. The van der Waals surface area contributed by atoms with Crippen LogP contribution in [-0.4, -0.2) is 32.5 Å². The highest BCUT2D eigenvalue weighted by atomic mass is 32.2. The lowest BCUT2D eigenvalue weighted by molar-refractivity contribution is 0.581. The number of thioether (sulfide) groups is 1. The van der Waals surface area contributed by atoms with Crippen LogP contribution < -0.4 is 10.0 Å². The van der Waals surface area contributed by atoms with E-state index < -0.39 is 10.0 Å². The van der Waals surface area contributed by atoms with E-state index in [2.05, 4.69) is 23.2 Å². The van der Waals surface area contributed by atoms with Crippen molar-refractivity contribution in [1.29, 1.82) is 0 Å². The third kappa shape index (κ3) is 4.14. The molecule has 4 nitrogen and oxygen atoms in total. The van der Waals surface area contributed by atoms with Crippen LogP contribution in [-0.2, 0) is 10.0 Å². The third-order valence-corrected chi connectivity index (χ3v) is 5.61. The molecule has 1 saturated carbocycles. The Kier molecular flexibility index (Phi) is 5.35. The molecule has 1 fully saturated rings. The van der Waals surface area contributed by atoms with Crippen LogP contribution in [0.3, 0.4) is 0 Å². The van der Waals surface area contributed by atoms with Gasteiger partial charge >= 0.3 is 0 Å². The monoisotopic (exact) mass is 314 g/mol. The van der Waals surface area contributed by atoms with Crippen molar-refractivity contribution in [1.82, 2.24) is 4.72 Å². The van der Waals surface area contributed by atoms with Crippen molar-refractivity contribution in [3.63, 3.8) is 0 Å². The molecule has 1 unspecified atom stereocenters. The maximum absolute atomic E-state index is 12.4. The van der Waals surface area contributed by atoms with Gasteiger partial charge in [-0.15, -0.1) is 0 Å². The van der Waals surface area contributed by atoms with E-state index in [4.69, 9.17) is 0 Å². The summed E-state index contributed by atoms with van der Waals surface area (Å²) in [6.07, 6.45) is 4.91. The van der Waals surface area contributed by atoms with Gasteiger partial charge in [0, 0.05) is 17.8 Å². The zero-order valence-corrected chi connectivity index (χ0v) is 13.6. The second-order valence-corrected chi connectivity index (χ2v) is 7.69. The largest absolute Gasteiger partial charge is 0.380 e. The second-order valence-electron chi connectivity index (χ2n) is 5.10. The topological polar surface area (TPSA) is 58.2 Å². The van der Waals surface area contributed by atoms with Crippen LogP contribution in [0.2, 0.25) is 0 Å². The van der Waals surface area contributed by atoms with Crippen LogP contribution in [0, 0.1) is 0 Å². The number of hydrogen-bond acceptors (Lipinski definition) is 4. The van der Waals surface area contributed by atoms with Crippen molar-refractivity contribution in [2.75, 3.05) is 17.3 Å². The molecule has 1 aromatic carbocycles. The van der Waals surface area contributed by atoms with E-state index in [0.717, 1.165) is 25.0 Å². The fraction of sp³-hybridized carbons (Fsp3) is 0.571. The third-order valence-electron chi connectivity index (χ3n) is 3.30.